The fraction of sp³-hybridized carbons (Fsp3) is 0.667. The molecule has 0 radical (unpaired) electrons. The van der Waals surface area contributed by atoms with Crippen LogP contribution in [0.4, 0.5) is 0 Å². The summed E-state index contributed by atoms with van der Waals surface area (Å²) in [5.41, 5.74) is 0. The lowest BCUT2D eigenvalue weighted by atomic mass is 10.4. The van der Waals surface area contributed by atoms with Crippen LogP contribution in [0.3, 0.4) is 0 Å². The van der Waals surface area contributed by atoms with Gasteiger partial charge in [0.2, 0.25) is 0 Å². The summed E-state index contributed by atoms with van der Waals surface area (Å²) in [6.07, 6.45) is 8.78. The van der Waals surface area contributed by atoms with E-state index in [-0.39, 0.29) is 0 Å². The highest BCUT2D eigenvalue weighted by Gasteiger charge is 2.36. The van der Waals surface area contributed by atoms with E-state index in [1.807, 2.05) is 31.2 Å². The molecule has 0 aromatic rings. The average molecular weight is 260 g/mol. The molecule has 0 N–H and O–H groups in total. The van der Waals surface area contributed by atoms with E-state index in [2.05, 4.69) is 0 Å². The third-order valence-electron chi connectivity index (χ3n) is 2.36. The summed E-state index contributed by atoms with van der Waals surface area (Å²) in [7, 11) is 2.47. The highest BCUT2D eigenvalue weighted by atomic mass is 28.4. The molecule has 0 aliphatic rings. The van der Waals surface area contributed by atoms with E-state index in [0.29, 0.717) is 13.2 Å². The topological polar surface area (TPSA) is 36.9 Å². The second-order valence-corrected chi connectivity index (χ2v) is 6.52. The summed E-state index contributed by atoms with van der Waals surface area (Å²) in [6.45, 7) is 3.30. The molecule has 0 saturated heterocycles. The SMILES string of the molecule is CC=CC=CCOCCC[Si](OC)(OC)OC. The minimum Gasteiger partial charge on any atom is -0.377 e. The van der Waals surface area contributed by atoms with Crippen molar-refractivity contribution in [2.24, 2.45) is 0 Å². The maximum atomic E-state index is 5.44. The van der Waals surface area contributed by atoms with Crippen LogP contribution in [0.1, 0.15) is 13.3 Å². The molecule has 0 amide bonds. The van der Waals surface area contributed by atoms with Gasteiger partial charge in [-0.15, -0.1) is 0 Å². The first kappa shape index (κ1) is 16.5. The summed E-state index contributed by atoms with van der Waals surface area (Å²) in [5, 5.41) is 0. The van der Waals surface area contributed by atoms with Crippen molar-refractivity contribution in [3.05, 3.63) is 24.3 Å². The van der Waals surface area contributed by atoms with Gasteiger partial charge in [0.15, 0.2) is 0 Å². The van der Waals surface area contributed by atoms with Crippen LogP contribution in [0, 0.1) is 0 Å². The zero-order chi connectivity index (χ0) is 13.0. The molecule has 0 atom stereocenters. The van der Waals surface area contributed by atoms with E-state index in [1.165, 1.54) is 0 Å². The van der Waals surface area contributed by atoms with Crippen molar-refractivity contribution in [2.45, 2.75) is 19.4 Å². The molecule has 4 nitrogen and oxygen atoms in total. The standard InChI is InChI=1S/C12H24O4Si/c1-5-6-7-8-10-16-11-9-12-17(13-2,14-3)15-4/h5-8H,9-12H2,1-4H3. The predicted octanol–water partition coefficient (Wildman–Crippen LogP) is 2.40. The molecule has 0 aliphatic heterocycles. The van der Waals surface area contributed by atoms with Gasteiger partial charge in [-0.1, -0.05) is 24.3 Å². The summed E-state index contributed by atoms with van der Waals surface area (Å²) in [6, 6.07) is 0.773. The van der Waals surface area contributed by atoms with Crippen LogP contribution in [0.25, 0.3) is 0 Å². The van der Waals surface area contributed by atoms with Crippen molar-refractivity contribution in [1.82, 2.24) is 0 Å². The number of hydrogen-bond donors (Lipinski definition) is 0. The van der Waals surface area contributed by atoms with Crippen LogP contribution in [0.5, 0.6) is 0 Å². The number of rotatable bonds is 10. The van der Waals surface area contributed by atoms with E-state index in [0.717, 1.165) is 12.5 Å². The van der Waals surface area contributed by atoms with Crippen LogP contribution in [0.2, 0.25) is 6.04 Å². The normalized spacial score (nSPS) is 12.9. The van der Waals surface area contributed by atoms with Crippen molar-refractivity contribution in [3.8, 4) is 0 Å². The minimum absolute atomic E-state index is 0.631. The van der Waals surface area contributed by atoms with Gasteiger partial charge >= 0.3 is 8.80 Å². The summed E-state index contributed by atoms with van der Waals surface area (Å²) >= 11 is 0. The largest absolute Gasteiger partial charge is 0.500 e. The van der Waals surface area contributed by atoms with Crippen LogP contribution in [-0.2, 0) is 18.0 Å². The molecule has 0 spiro atoms. The fourth-order valence-electron chi connectivity index (χ4n) is 1.34. The van der Waals surface area contributed by atoms with E-state index in [1.54, 1.807) is 21.3 Å². The Labute approximate surface area is 106 Å². The Morgan fingerprint density at radius 1 is 1.00 bits per heavy atom. The second kappa shape index (κ2) is 10.7. The fourth-order valence-corrected chi connectivity index (χ4v) is 3.03. The Bertz CT molecular complexity index is 216. The van der Waals surface area contributed by atoms with Gasteiger partial charge in [-0.05, 0) is 13.3 Å². The summed E-state index contributed by atoms with van der Waals surface area (Å²) in [4.78, 5) is 0. The molecular weight excluding hydrogens is 236 g/mol. The number of allylic oxidation sites excluding steroid dienone is 3. The molecule has 100 valence electrons. The summed E-state index contributed by atoms with van der Waals surface area (Å²) < 4.78 is 21.4. The van der Waals surface area contributed by atoms with Crippen molar-refractivity contribution in [2.75, 3.05) is 34.5 Å². The van der Waals surface area contributed by atoms with Gasteiger partial charge in [0.05, 0.1) is 6.61 Å². The lowest BCUT2D eigenvalue weighted by molar-refractivity contribution is 0.114. The summed E-state index contributed by atoms with van der Waals surface area (Å²) in [5.74, 6) is 0. The molecular formula is C12H24O4Si. The van der Waals surface area contributed by atoms with Crippen molar-refractivity contribution < 1.29 is 18.0 Å². The van der Waals surface area contributed by atoms with Gasteiger partial charge < -0.3 is 18.0 Å². The van der Waals surface area contributed by atoms with Crippen molar-refractivity contribution in [1.29, 1.82) is 0 Å². The minimum atomic E-state index is -2.41. The molecule has 0 aromatic heterocycles. The molecule has 0 aliphatic carbocycles. The second-order valence-electron chi connectivity index (χ2n) is 3.43. The van der Waals surface area contributed by atoms with Gasteiger partial charge in [-0.25, -0.2) is 0 Å². The monoisotopic (exact) mass is 260 g/mol. The first-order chi connectivity index (χ1) is 8.24. The van der Waals surface area contributed by atoms with Gasteiger partial charge in [0.1, 0.15) is 0 Å². The Balaban J connectivity index is 3.62. The average Bonchev–Trinajstić information content (AvgIpc) is 2.38. The van der Waals surface area contributed by atoms with Crippen LogP contribution in [-0.4, -0.2) is 43.3 Å². The predicted molar refractivity (Wildman–Crippen MR) is 71.0 cm³/mol. The van der Waals surface area contributed by atoms with Gasteiger partial charge in [-0.2, -0.15) is 0 Å². The van der Waals surface area contributed by atoms with Crippen molar-refractivity contribution in [3.63, 3.8) is 0 Å². The lowest BCUT2D eigenvalue weighted by Gasteiger charge is -2.24. The zero-order valence-electron chi connectivity index (χ0n) is 11.3. The smallest absolute Gasteiger partial charge is 0.377 e. The molecule has 5 heteroatoms. The third kappa shape index (κ3) is 7.46. The molecule has 0 heterocycles. The molecule has 0 aromatic carbocycles. The van der Waals surface area contributed by atoms with E-state index in [4.69, 9.17) is 18.0 Å². The van der Waals surface area contributed by atoms with E-state index >= 15 is 0 Å². The Morgan fingerprint density at radius 2 is 1.65 bits per heavy atom. The van der Waals surface area contributed by atoms with Gasteiger partial charge in [0.25, 0.3) is 0 Å². The Hall–Kier alpha value is -0.463. The number of ether oxygens (including phenoxy) is 1. The first-order valence-corrected chi connectivity index (χ1v) is 7.69. The molecule has 0 saturated carbocycles. The Morgan fingerprint density at radius 3 is 2.18 bits per heavy atom. The highest BCUT2D eigenvalue weighted by molar-refractivity contribution is 6.60. The first-order valence-electron chi connectivity index (χ1n) is 5.75. The van der Waals surface area contributed by atoms with Crippen molar-refractivity contribution >= 4 is 8.80 Å². The zero-order valence-corrected chi connectivity index (χ0v) is 12.3. The van der Waals surface area contributed by atoms with E-state index < -0.39 is 8.80 Å². The van der Waals surface area contributed by atoms with Gasteiger partial charge in [-0.3, -0.25) is 0 Å². The molecule has 0 unspecified atom stereocenters. The highest BCUT2D eigenvalue weighted by Crippen LogP contribution is 2.14. The van der Waals surface area contributed by atoms with Crippen LogP contribution < -0.4 is 0 Å². The van der Waals surface area contributed by atoms with Crippen LogP contribution in [0.15, 0.2) is 24.3 Å². The molecule has 17 heavy (non-hydrogen) atoms. The third-order valence-corrected chi connectivity index (χ3v) is 5.19. The maximum Gasteiger partial charge on any atom is 0.500 e. The van der Waals surface area contributed by atoms with Crippen LogP contribution >= 0.6 is 0 Å². The molecule has 0 fully saturated rings. The maximum absolute atomic E-state index is 5.44. The molecule has 0 rings (SSSR count). The van der Waals surface area contributed by atoms with E-state index in [9.17, 15) is 0 Å². The van der Waals surface area contributed by atoms with Gasteiger partial charge in [0, 0.05) is 34.0 Å². The lowest BCUT2D eigenvalue weighted by Crippen LogP contribution is -2.42. The quantitative estimate of drug-likeness (QED) is 0.343. The molecule has 0 bridgehead atoms. The Kier molecular flexibility index (Phi) is 10.4. The number of hydrogen-bond acceptors (Lipinski definition) is 4.